The predicted octanol–water partition coefficient (Wildman–Crippen LogP) is 0.830. The van der Waals surface area contributed by atoms with Gasteiger partial charge in [-0.25, -0.2) is 8.42 Å². The van der Waals surface area contributed by atoms with Crippen LogP contribution in [0.5, 0.6) is 0 Å². The second-order valence-electron chi connectivity index (χ2n) is 2.75. The maximum atomic E-state index is 10.9. The molecular weight excluding hydrogens is 136 g/mol. The Hall–Kier alpha value is -0.0500. The van der Waals surface area contributed by atoms with Gasteiger partial charge in [0.2, 0.25) is 0 Å². The van der Waals surface area contributed by atoms with Gasteiger partial charge in [-0.2, -0.15) is 0 Å². The molecule has 1 rings (SSSR count). The second-order valence-corrected chi connectivity index (χ2v) is 5.02. The Balaban J connectivity index is 2.70. The highest BCUT2D eigenvalue weighted by Gasteiger charge is 2.41. The Labute approximate surface area is 56.2 Å². The lowest BCUT2D eigenvalue weighted by Gasteiger charge is -2.32. The van der Waals surface area contributed by atoms with Crippen LogP contribution in [0.25, 0.3) is 0 Å². The van der Waals surface area contributed by atoms with Crippen LogP contribution in [0.2, 0.25) is 0 Å². The first-order valence-electron chi connectivity index (χ1n) is 3.29. The average molecular weight is 148 g/mol. The van der Waals surface area contributed by atoms with E-state index in [9.17, 15) is 8.42 Å². The molecule has 0 aromatic carbocycles. The molecule has 0 bridgehead atoms. The molecule has 1 aliphatic heterocycles. The second kappa shape index (κ2) is 1.97. The van der Waals surface area contributed by atoms with Gasteiger partial charge in [-0.1, -0.05) is 13.8 Å². The van der Waals surface area contributed by atoms with Gasteiger partial charge in [0.05, 0.1) is 11.0 Å². The van der Waals surface area contributed by atoms with Crippen LogP contribution >= 0.6 is 0 Å². The van der Waals surface area contributed by atoms with Crippen molar-refractivity contribution in [3.05, 3.63) is 0 Å². The summed E-state index contributed by atoms with van der Waals surface area (Å²) in [5.74, 6) is 0.811. The molecule has 3 heteroatoms. The Morgan fingerprint density at radius 2 is 2.11 bits per heavy atom. The first-order chi connectivity index (χ1) is 4.08. The molecule has 0 aromatic rings. The van der Waals surface area contributed by atoms with E-state index in [2.05, 4.69) is 0 Å². The molecule has 2 unspecified atom stereocenters. The van der Waals surface area contributed by atoms with Crippen LogP contribution in [0, 0.1) is 5.92 Å². The molecule has 0 radical (unpaired) electrons. The van der Waals surface area contributed by atoms with Gasteiger partial charge >= 0.3 is 0 Å². The normalized spacial score (nSPS) is 39.8. The highest BCUT2D eigenvalue weighted by molar-refractivity contribution is 7.93. The Morgan fingerprint density at radius 3 is 2.22 bits per heavy atom. The lowest BCUT2D eigenvalue weighted by atomic mass is 10.1. The maximum absolute atomic E-state index is 10.9. The monoisotopic (exact) mass is 148 g/mol. The van der Waals surface area contributed by atoms with E-state index in [0.717, 1.165) is 6.42 Å². The standard InChI is InChI=1S/C6H12O2S/c1-3-6-5(2)4-9(6,7)8/h5-6H,3-4H2,1-2H3. The van der Waals surface area contributed by atoms with E-state index in [1.807, 2.05) is 13.8 Å². The highest BCUT2D eigenvalue weighted by Crippen LogP contribution is 2.29. The quantitative estimate of drug-likeness (QED) is 0.552. The largest absolute Gasteiger partial charge is 0.229 e. The highest BCUT2D eigenvalue weighted by atomic mass is 32.2. The van der Waals surface area contributed by atoms with Crippen molar-refractivity contribution >= 4 is 9.84 Å². The summed E-state index contributed by atoms with van der Waals surface area (Å²) in [6.45, 7) is 3.92. The molecule has 54 valence electrons. The minimum absolute atomic E-state index is 0.0301. The van der Waals surface area contributed by atoms with Crippen molar-refractivity contribution in [2.75, 3.05) is 5.75 Å². The van der Waals surface area contributed by atoms with Crippen LogP contribution in [0.4, 0.5) is 0 Å². The van der Waals surface area contributed by atoms with Gasteiger partial charge in [0.15, 0.2) is 9.84 Å². The van der Waals surface area contributed by atoms with Gasteiger partial charge in [0.25, 0.3) is 0 Å². The fraction of sp³-hybridized carbons (Fsp3) is 1.00. The van der Waals surface area contributed by atoms with Crippen molar-refractivity contribution in [3.8, 4) is 0 Å². The van der Waals surface area contributed by atoms with Crippen LogP contribution in [0.15, 0.2) is 0 Å². The SMILES string of the molecule is CCC1C(C)CS1(=O)=O. The van der Waals surface area contributed by atoms with Gasteiger partial charge in [0.1, 0.15) is 0 Å². The smallest absolute Gasteiger partial charge is 0.153 e. The summed E-state index contributed by atoms with van der Waals surface area (Å²) in [6, 6.07) is 0. The van der Waals surface area contributed by atoms with Crippen molar-refractivity contribution in [3.63, 3.8) is 0 Å². The molecule has 0 spiro atoms. The molecule has 0 aromatic heterocycles. The predicted molar refractivity (Wildman–Crippen MR) is 37.0 cm³/mol. The molecule has 1 heterocycles. The molecule has 9 heavy (non-hydrogen) atoms. The van der Waals surface area contributed by atoms with E-state index in [0.29, 0.717) is 11.7 Å². The lowest BCUT2D eigenvalue weighted by molar-refractivity contribution is 0.467. The van der Waals surface area contributed by atoms with Crippen molar-refractivity contribution in [2.24, 2.45) is 5.92 Å². The van der Waals surface area contributed by atoms with E-state index in [-0.39, 0.29) is 5.25 Å². The lowest BCUT2D eigenvalue weighted by Crippen LogP contribution is -2.44. The number of hydrogen-bond donors (Lipinski definition) is 0. The number of rotatable bonds is 1. The first-order valence-corrected chi connectivity index (χ1v) is 5.01. The summed E-state index contributed by atoms with van der Waals surface area (Å²) in [5.41, 5.74) is 0. The Kier molecular flexibility index (Phi) is 1.55. The zero-order valence-corrected chi connectivity index (χ0v) is 6.61. The van der Waals surface area contributed by atoms with Crippen LogP contribution in [-0.2, 0) is 9.84 Å². The molecule has 2 atom stereocenters. The Morgan fingerprint density at radius 1 is 1.56 bits per heavy atom. The summed E-state index contributed by atoms with van der Waals surface area (Å²) in [7, 11) is -2.62. The van der Waals surface area contributed by atoms with Gasteiger partial charge in [-0.15, -0.1) is 0 Å². The van der Waals surface area contributed by atoms with Crippen LogP contribution in [-0.4, -0.2) is 19.4 Å². The molecule has 1 fully saturated rings. The van der Waals surface area contributed by atoms with Crippen LogP contribution < -0.4 is 0 Å². The van der Waals surface area contributed by atoms with E-state index in [1.54, 1.807) is 0 Å². The third kappa shape index (κ3) is 0.980. The van der Waals surface area contributed by atoms with E-state index < -0.39 is 9.84 Å². The Bertz CT molecular complexity index is 193. The summed E-state index contributed by atoms with van der Waals surface area (Å²) >= 11 is 0. The van der Waals surface area contributed by atoms with Crippen molar-refractivity contribution in [1.82, 2.24) is 0 Å². The summed E-state index contributed by atoms with van der Waals surface area (Å²) < 4.78 is 21.7. The third-order valence-corrected chi connectivity index (χ3v) is 4.70. The van der Waals surface area contributed by atoms with E-state index >= 15 is 0 Å². The van der Waals surface area contributed by atoms with Gasteiger partial charge in [0, 0.05) is 0 Å². The van der Waals surface area contributed by atoms with Crippen molar-refractivity contribution < 1.29 is 8.42 Å². The zero-order chi connectivity index (χ0) is 7.07. The van der Waals surface area contributed by atoms with Gasteiger partial charge in [-0.3, -0.25) is 0 Å². The number of sulfone groups is 1. The van der Waals surface area contributed by atoms with Gasteiger partial charge in [-0.05, 0) is 12.3 Å². The molecule has 1 aliphatic rings. The van der Waals surface area contributed by atoms with E-state index in [1.165, 1.54) is 0 Å². The molecule has 0 saturated carbocycles. The summed E-state index contributed by atoms with van der Waals surface area (Å²) in [6.07, 6.45) is 0.781. The van der Waals surface area contributed by atoms with E-state index in [4.69, 9.17) is 0 Å². The fourth-order valence-corrected chi connectivity index (χ4v) is 3.65. The zero-order valence-electron chi connectivity index (χ0n) is 5.79. The average Bonchev–Trinajstić information content (AvgIpc) is 1.63. The summed E-state index contributed by atoms with van der Waals surface area (Å²) in [5, 5.41) is -0.0301. The van der Waals surface area contributed by atoms with Crippen LogP contribution in [0.3, 0.4) is 0 Å². The molecular formula is C6H12O2S. The molecule has 2 nitrogen and oxygen atoms in total. The molecule has 1 saturated heterocycles. The number of hydrogen-bond acceptors (Lipinski definition) is 2. The molecule has 0 N–H and O–H groups in total. The maximum Gasteiger partial charge on any atom is 0.153 e. The van der Waals surface area contributed by atoms with Crippen molar-refractivity contribution in [2.45, 2.75) is 25.5 Å². The minimum Gasteiger partial charge on any atom is -0.229 e. The van der Waals surface area contributed by atoms with Gasteiger partial charge < -0.3 is 0 Å². The first kappa shape index (κ1) is 7.06. The summed E-state index contributed by atoms with van der Waals surface area (Å²) in [4.78, 5) is 0. The van der Waals surface area contributed by atoms with Crippen LogP contribution in [0.1, 0.15) is 20.3 Å². The topological polar surface area (TPSA) is 34.1 Å². The molecule has 0 amide bonds. The fourth-order valence-electron chi connectivity index (χ4n) is 1.49. The third-order valence-electron chi connectivity index (χ3n) is 1.99. The molecule has 0 aliphatic carbocycles. The van der Waals surface area contributed by atoms with Crippen molar-refractivity contribution in [1.29, 1.82) is 0 Å². The minimum atomic E-state index is -2.62.